The fourth-order valence-corrected chi connectivity index (χ4v) is 1.59. The molecule has 0 heterocycles. The first kappa shape index (κ1) is 9.52. The molecule has 1 aliphatic rings. The van der Waals surface area contributed by atoms with Gasteiger partial charge in [0, 0.05) is 13.0 Å². The fourth-order valence-electron chi connectivity index (χ4n) is 1.59. The zero-order valence-corrected chi connectivity index (χ0v) is 7.58. The van der Waals surface area contributed by atoms with Crippen molar-refractivity contribution in [3.05, 3.63) is 0 Å². The molecule has 0 bridgehead atoms. The largest absolute Gasteiger partial charge is 0.466 e. The second-order valence-electron chi connectivity index (χ2n) is 3.58. The number of ether oxygens (including phenoxy) is 1. The van der Waals surface area contributed by atoms with Gasteiger partial charge in [-0.3, -0.25) is 4.79 Å². The average Bonchev–Trinajstić information content (AvgIpc) is 2.03. The van der Waals surface area contributed by atoms with E-state index in [-0.39, 0.29) is 5.97 Å². The zero-order chi connectivity index (χ0) is 8.97. The van der Waals surface area contributed by atoms with Gasteiger partial charge in [0.2, 0.25) is 0 Å². The van der Waals surface area contributed by atoms with Gasteiger partial charge in [-0.25, -0.2) is 0 Å². The Balaban J connectivity index is 2.13. The Bertz CT molecular complexity index is 151. The van der Waals surface area contributed by atoms with Gasteiger partial charge in [-0.15, -0.1) is 0 Å². The Kier molecular flexibility index (Phi) is 3.53. The molecule has 0 saturated heterocycles. The van der Waals surface area contributed by atoms with Gasteiger partial charge >= 0.3 is 5.97 Å². The van der Waals surface area contributed by atoms with Crippen molar-refractivity contribution >= 4 is 5.97 Å². The number of carbonyl (C=O) groups excluding carboxylic acids is 1. The number of carbonyl (C=O) groups is 1. The molecule has 0 radical (unpaired) electrons. The summed E-state index contributed by atoms with van der Waals surface area (Å²) in [7, 11) is 0. The number of nitrogens with two attached hydrogens (primary N) is 1. The summed E-state index contributed by atoms with van der Waals surface area (Å²) < 4.78 is 4.94. The van der Waals surface area contributed by atoms with E-state index in [2.05, 4.69) is 0 Å². The number of hydrogen-bond donors (Lipinski definition) is 1. The van der Waals surface area contributed by atoms with Crippen molar-refractivity contribution < 1.29 is 9.53 Å². The van der Waals surface area contributed by atoms with E-state index < -0.39 is 0 Å². The van der Waals surface area contributed by atoms with E-state index in [1.807, 2.05) is 0 Å². The second kappa shape index (κ2) is 4.45. The van der Waals surface area contributed by atoms with E-state index in [0.29, 0.717) is 18.6 Å². The predicted octanol–water partition coefficient (Wildman–Crippen LogP) is 1.07. The Labute approximate surface area is 73.3 Å². The van der Waals surface area contributed by atoms with E-state index in [0.717, 1.165) is 25.7 Å². The number of hydrogen-bond acceptors (Lipinski definition) is 3. The van der Waals surface area contributed by atoms with E-state index in [9.17, 15) is 4.79 Å². The molecular weight excluding hydrogens is 154 g/mol. The Hall–Kier alpha value is -0.570. The van der Waals surface area contributed by atoms with Crippen molar-refractivity contribution in [2.75, 3.05) is 6.61 Å². The van der Waals surface area contributed by atoms with Crippen LogP contribution in [0, 0.1) is 5.92 Å². The highest BCUT2D eigenvalue weighted by Crippen LogP contribution is 2.23. The summed E-state index contributed by atoms with van der Waals surface area (Å²) in [6.07, 6.45) is 4.36. The number of esters is 1. The van der Waals surface area contributed by atoms with Crippen LogP contribution in [0.25, 0.3) is 0 Å². The molecule has 1 aliphatic carbocycles. The van der Waals surface area contributed by atoms with Crippen LogP contribution < -0.4 is 5.73 Å². The standard InChI is InChI=1S/C9H17NO2/c1-7(11)12-6-8-2-4-9(10)5-3-8/h8-9H,2-6,10H2,1H3. The van der Waals surface area contributed by atoms with Crippen LogP contribution in [-0.2, 0) is 9.53 Å². The van der Waals surface area contributed by atoms with Crippen molar-refractivity contribution in [3.63, 3.8) is 0 Å². The van der Waals surface area contributed by atoms with Crippen LogP contribution in [0.2, 0.25) is 0 Å². The molecule has 0 atom stereocenters. The van der Waals surface area contributed by atoms with Crippen LogP contribution in [0.4, 0.5) is 0 Å². The van der Waals surface area contributed by atoms with E-state index in [4.69, 9.17) is 10.5 Å². The van der Waals surface area contributed by atoms with Crippen LogP contribution in [0.1, 0.15) is 32.6 Å². The first-order chi connectivity index (χ1) is 5.68. The molecule has 1 saturated carbocycles. The quantitative estimate of drug-likeness (QED) is 0.632. The minimum absolute atomic E-state index is 0.176. The molecule has 3 nitrogen and oxygen atoms in total. The molecule has 0 spiro atoms. The molecule has 0 aliphatic heterocycles. The molecule has 70 valence electrons. The van der Waals surface area contributed by atoms with Crippen molar-refractivity contribution in [1.29, 1.82) is 0 Å². The molecule has 0 aromatic carbocycles. The van der Waals surface area contributed by atoms with Gasteiger partial charge in [0.1, 0.15) is 0 Å². The van der Waals surface area contributed by atoms with Crippen molar-refractivity contribution in [2.45, 2.75) is 38.6 Å². The van der Waals surface area contributed by atoms with Gasteiger partial charge in [-0.1, -0.05) is 0 Å². The van der Waals surface area contributed by atoms with Crippen LogP contribution in [0.5, 0.6) is 0 Å². The highest BCUT2D eigenvalue weighted by Gasteiger charge is 2.18. The van der Waals surface area contributed by atoms with Gasteiger partial charge < -0.3 is 10.5 Å². The predicted molar refractivity (Wildman–Crippen MR) is 46.6 cm³/mol. The topological polar surface area (TPSA) is 52.3 Å². The van der Waals surface area contributed by atoms with Gasteiger partial charge in [-0.05, 0) is 31.6 Å². The molecule has 0 aromatic heterocycles. The molecule has 1 fully saturated rings. The van der Waals surface area contributed by atoms with Crippen molar-refractivity contribution in [1.82, 2.24) is 0 Å². The Morgan fingerprint density at radius 3 is 2.50 bits per heavy atom. The van der Waals surface area contributed by atoms with Gasteiger partial charge in [0.15, 0.2) is 0 Å². The maximum absolute atomic E-state index is 10.5. The Morgan fingerprint density at radius 1 is 1.42 bits per heavy atom. The highest BCUT2D eigenvalue weighted by atomic mass is 16.5. The summed E-state index contributed by atoms with van der Waals surface area (Å²) in [4.78, 5) is 10.5. The maximum atomic E-state index is 10.5. The average molecular weight is 171 g/mol. The van der Waals surface area contributed by atoms with Crippen molar-refractivity contribution in [3.8, 4) is 0 Å². The summed E-state index contributed by atoms with van der Waals surface area (Å²) in [6.45, 7) is 2.04. The smallest absolute Gasteiger partial charge is 0.302 e. The molecule has 0 unspecified atom stereocenters. The first-order valence-corrected chi connectivity index (χ1v) is 4.57. The normalized spacial score (nSPS) is 29.8. The summed E-state index contributed by atoms with van der Waals surface area (Å²) >= 11 is 0. The summed E-state index contributed by atoms with van der Waals surface area (Å²) in [5.41, 5.74) is 5.75. The van der Waals surface area contributed by atoms with E-state index >= 15 is 0 Å². The van der Waals surface area contributed by atoms with Crippen LogP contribution >= 0.6 is 0 Å². The van der Waals surface area contributed by atoms with Gasteiger partial charge in [0.25, 0.3) is 0 Å². The molecule has 2 N–H and O–H groups in total. The summed E-state index contributed by atoms with van der Waals surface area (Å²) in [5.74, 6) is 0.374. The lowest BCUT2D eigenvalue weighted by Gasteiger charge is -2.25. The molecule has 0 aromatic rings. The van der Waals surface area contributed by atoms with Crippen LogP contribution in [0.15, 0.2) is 0 Å². The fraction of sp³-hybridized carbons (Fsp3) is 0.889. The molecule has 0 amide bonds. The second-order valence-corrected chi connectivity index (χ2v) is 3.58. The lowest BCUT2D eigenvalue weighted by molar-refractivity contribution is -0.142. The SMILES string of the molecule is CC(=O)OCC1CCC(N)CC1. The third-order valence-corrected chi connectivity index (χ3v) is 2.41. The van der Waals surface area contributed by atoms with Crippen LogP contribution in [-0.4, -0.2) is 18.6 Å². The molecule has 1 rings (SSSR count). The third kappa shape index (κ3) is 3.22. The summed E-state index contributed by atoms with van der Waals surface area (Å²) in [6, 6.07) is 0.374. The molecular formula is C9H17NO2. The highest BCUT2D eigenvalue weighted by molar-refractivity contribution is 5.65. The molecule has 12 heavy (non-hydrogen) atoms. The van der Waals surface area contributed by atoms with Crippen LogP contribution in [0.3, 0.4) is 0 Å². The maximum Gasteiger partial charge on any atom is 0.302 e. The van der Waals surface area contributed by atoms with Gasteiger partial charge in [0.05, 0.1) is 6.61 Å². The molecule has 3 heteroatoms. The third-order valence-electron chi connectivity index (χ3n) is 2.41. The monoisotopic (exact) mass is 171 g/mol. The lowest BCUT2D eigenvalue weighted by Crippen LogP contribution is -2.28. The van der Waals surface area contributed by atoms with Crippen molar-refractivity contribution in [2.24, 2.45) is 11.7 Å². The minimum atomic E-state index is -0.176. The summed E-state index contributed by atoms with van der Waals surface area (Å²) in [5, 5.41) is 0. The Morgan fingerprint density at radius 2 is 2.00 bits per heavy atom. The van der Waals surface area contributed by atoms with E-state index in [1.54, 1.807) is 0 Å². The minimum Gasteiger partial charge on any atom is -0.466 e. The first-order valence-electron chi connectivity index (χ1n) is 4.57. The lowest BCUT2D eigenvalue weighted by atomic mass is 9.87. The van der Waals surface area contributed by atoms with E-state index in [1.165, 1.54) is 6.92 Å². The van der Waals surface area contributed by atoms with Gasteiger partial charge in [-0.2, -0.15) is 0 Å². The number of rotatable bonds is 2. The zero-order valence-electron chi connectivity index (χ0n) is 7.58.